The number of benzene rings is 1. The first kappa shape index (κ1) is 29.7. The SMILES string of the molecule is CC(C)N1C(=O)N(C)C(=O)C12CC1CCC(C2)N1CC[C@H](NC(=O)C1CCC(F)(F)CC1)c1ccccc1.Cl. The number of piperidine rings is 1. The van der Waals surface area contributed by atoms with Gasteiger partial charge in [0.15, 0.2) is 0 Å². The maximum atomic E-state index is 13.6. The van der Waals surface area contributed by atoms with Gasteiger partial charge in [-0.05, 0) is 64.4 Å². The molecule has 1 N–H and O–H groups in total. The summed E-state index contributed by atoms with van der Waals surface area (Å²) in [4.78, 5) is 44.9. The molecule has 216 valence electrons. The lowest BCUT2D eigenvalue weighted by Crippen LogP contribution is -2.61. The molecule has 3 saturated heterocycles. The highest BCUT2D eigenvalue weighted by Gasteiger charge is 2.62. The van der Waals surface area contributed by atoms with Crippen LogP contribution in [0, 0.1) is 5.92 Å². The summed E-state index contributed by atoms with van der Waals surface area (Å²) >= 11 is 0. The monoisotopic (exact) mass is 566 g/mol. The lowest BCUT2D eigenvalue weighted by molar-refractivity contribution is -0.137. The molecule has 39 heavy (non-hydrogen) atoms. The first-order valence-corrected chi connectivity index (χ1v) is 14.1. The van der Waals surface area contributed by atoms with Gasteiger partial charge in [0.05, 0.1) is 6.04 Å². The second kappa shape index (κ2) is 11.3. The van der Waals surface area contributed by atoms with Crippen LogP contribution in [0.1, 0.15) is 83.2 Å². The lowest BCUT2D eigenvalue weighted by atomic mass is 9.80. The van der Waals surface area contributed by atoms with Gasteiger partial charge in [0.1, 0.15) is 5.54 Å². The summed E-state index contributed by atoms with van der Waals surface area (Å²) in [5.41, 5.74) is 0.241. The number of hydrogen-bond acceptors (Lipinski definition) is 4. The van der Waals surface area contributed by atoms with E-state index in [-0.39, 0.29) is 86.0 Å². The zero-order valence-electron chi connectivity index (χ0n) is 23.1. The van der Waals surface area contributed by atoms with E-state index in [0.29, 0.717) is 19.3 Å². The van der Waals surface area contributed by atoms with Crippen LogP contribution in [0.5, 0.6) is 0 Å². The Balaban J connectivity index is 0.00000353. The summed E-state index contributed by atoms with van der Waals surface area (Å²) in [5, 5.41) is 3.19. The number of carbonyl (C=O) groups excluding carboxylic acids is 3. The average molecular weight is 567 g/mol. The van der Waals surface area contributed by atoms with Crippen molar-refractivity contribution in [3.05, 3.63) is 35.9 Å². The Morgan fingerprint density at radius 2 is 1.62 bits per heavy atom. The number of fused-ring (bicyclic) bond motifs is 2. The number of hydrogen-bond donors (Lipinski definition) is 1. The summed E-state index contributed by atoms with van der Waals surface area (Å²) < 4.78 is 27.3. The Kier molecular flexibility index (Phi) is 8.62. The van der Waals surface area contributed by atoms with Crippen molar-refractivity contribution in [3.63, 3.8) is 0 Å². The Labute approximate surface area is 236 Å². The zero-order valence-corrected chi connectivity index (χ0v) is 23.9. The van der Waals surface area contributed by atoms with E-state index < -0.39 is 11.5 Å². The van der Waals surface area contributed by atoms with Gasteiger partial charge in [-0.25, -0.2) is 13.6 Å². The van der Waals surface area contributed by atoms with Gasteiger partial charge in [0, 0.05) is 50.5 Å². The normalized spacial score (nSPS) is 29.7. The Bertz CT molecular complexity index is 1050. The van der Waals surface area contributed by atoms with Crippen molar-refractivity contribution in [1.82, 2.24) is 20.0 Å². The molecule has 1 spiro atoms. The molecule has 1 aliphatic carbocycles. The van der Waals surface area contributed by atoms with E-state index in [1.54, 1.807) is 11.9 Å². The molecule has 10 heteroatoms. The number of halogens is 3. The number of carbonyl (C=O) groups is 3. The highest BCUT2D eigenvalue weighted by atomic mass is 35.5. The van der Waals surface area contributed by atoms with Crippen molar-refractivity contribution in [2.45, 2.75) is 107 Å². The van der Waals surface area contributed by atoms with Gasteiger partial charge >= 0.3 is 6.03 Å². The minimum Gasteiger partial charge on any atom is -0.349 e. The van der Waals surface area contributed by atoms with Crippen molar-refractivity contribution in [2.24, 2.45) is 5.92 Å². The van der Waals surface area contributed by atoms with Crippen molar-refractivity contribution >= 4 is 30.3 Å². The van der Waals surface area contributed by atoms with E-state index in [1.165, 1.54) is 4.90 Å². The Hall–Kier alpha value is -2.26. The largest absolute Gasteiger partial charge is 0.349 e. The number of amides is 4. The molecule has 1 aromatic rings. The fourth-order valence-corrected chi connectivity index (χ4v) is 7.49. The molecule has 4 aliphatic rings. The third kappa shape index (κ3) is 5.53. The highest BCUT2D eigenvalue weighted by molar-refractivity contribution is 6.07. The van der Waals surface area contributed by atoms with Gasteiger partial charge in [-0.2, -0.15) is 0 Å². The lowest BCUT2D eigenvalue weighted by Gasteiger charge is -2.48. The molecule has 2 bridgehead atoms. The number of likely N-dealkylation sites (N-methyl/N-ethyl adjacent to an activating group) is 1. The van der Waals surface area contributed by atoms with E-state index >= 15 is 0 Å². The number of alkyl halides is 2. The molecule has 3 atom stereocenters. The number of imide groups is 1. The molecular weight excluding hydrogens is 526 g/mol. The van der Waals surface area contributed by atoms with Crippen LogP contribution in [0.3, 0.4) is 0 Å². The van der Waals surface area contributed by atoms with Crippen LogP contribution in [0.2, 0.25) is 0 Å². The van der Waals surface area contributed by atoms with E-state index in [0.717, 1.165) is 24.9 Å². The van der Waals surface area contributed by atoms with E-state index in [9.17, 15) is 23.2 Å². The molecule has 0 aromatic heterocycles. The van der Waals surface area contributed by atoms with E-state index in [1.807, 2.05) is 44.2 Å². The van der Waals surface area contributed by atoms with Crippen molar-refractivity contribution in [3.8, 4) is 0 Å². The van der Waals surface area contributed by atoms with Crippen molar-refractivity contribution < 1.29 is 23.2 Å². The minimum absolute atomic E-state index is 0. The third-order valence-corrected chi connectivity index (χ3v) is 9.37. The molecule has 5 rings (SSSR count). The van der Waals surface area contributed by atoms with Crippen LogP contribution in [-0.4, -0.2) is 75.7 Å². The van der Waals surface area contributed by atoms with Crippen molar-refractivity contribution in [1.29, 1.82) is 0 Å². The van der Waals surface area contributed by atoms with Gasteiger partial charge in [0.2, 0.25) is 11.8 Å². The molecule has 3 heterocycles. The number of urea groups is 1. The number of nitrogens with one attached hydrogen (secondary N) is 1. The summed E-state index contributed by atoms with van der Waals surface area (Å²) in [5.74, 6) is -3.26. The zero-order chi connectivity index (χ0) is 27.2. The number of rotatable bonds is 7. The molecule has 3 aliphatic heterocycles. The van der Waals surface area contributed by atoms with Crippen LogP contribution >= 0.6 is 12.4 Å². The molecule has 4 fully saturated rings. The molecular formula is C29H41ClF2N4O3. The van der Waals surface area contributed by atoms with Crippen molar-refractivity contribution in [2.75, 3.05) is 13.6 Å². The first-order valence-electron chi connectivity index (χ1n) is 14.1. The van der Waals surface area contributed by atoms with Crippen LogP contribution in [-0.2, 0) is 9.59 Å². The minimum atomic E-state index is -2.66. The van der Waals surface area contributed by atoms with Gasteiger partial charge in [-0.1, -0.05) is 30.3 Å². The molecule has 2 unspecified atom stereocenters. The van der Waals surface area contributed by atoms with E-state index in [4.69, 9.17) is 0 Å². The van der Waals surface area contributed by atoms with Crippen LogP contribution in [0.4, 0.5) is 13.6 Å². The van der Waals surface area contributed by atoms with Crippen LogP contribution in [0.15, 0.2) is 30.3 Å². The third-order valence-electron chi connectivity index (χ3n) is 9.37. The highest BCUT2D eigenvalue weighted by Crippen LogP contribution is 2.48. The fraction of sp³-hybridized carbons (Fsp3) is 0.690. The maximum Gasteiger partial charge on any atom is 0.327 e. The van der Waals surface area contributed by atoms with Gasteiger partial charge in [-0.3, -0.25) is 19.4 Å². The van der Waals surface area contributed by atoms with Gasteiger partial charge in [-0.15, -0.1) is 12.4 Å². The van der Waals surface area contributed by atoms with Gasteiger partial charge in [0.25, 0.3) is 5.91 Å². The summed E-state index contributed by atoms with van der Waals surface area (Å²) in [6, 6.07) is 9.76. The first-order chi connectivity index (χ1) is 18.0. The quantitative estimate of drug-likeness (QED) is 0.463. The molecule has 7 nitrogen and oxygen atoms in total. The predicted molar refractivity (Wildman–Crippen MR) is 147 cm³/mol. The Morgan fingerprint density at radius 1 is 1.03 bits per heavy atom. The predicted octanol–water partition coefficient (Wildman–Crippen LogP) is 5.15. The smallest absolute Gasteiger partial charge is 0.327 e. The van der Waals surface area contributed by atoms with Crippen LogP contribution < -0.4 is 5.32 Å². The topological polar surface area (TPSA) is 73.0 Å². The molecule has 0 radical (unpaired) electrons. The summed E-state index contributed by atoms with van der Waals surface area (Å²) in [7, 11) is 1.59. The van der Waals surface area contributed by atoms with E-state index in [2.05, 4.69) is 10.2 Å². The second-order valence-corrected chi connectivity index (χ2v) is 12.1. The molecule has 1 aromatic carbocycles. The summed E-state index contributed by atoms with van der Waals surface area (Å²) in [6.45, 7) is 4.70. The molecule has 4 amide bonds. The fourth-order valence-electron chi connectivity index (χ4n) is 7.49. The van der Waals surface area contributed by atoms with Gasteiger partial charge < -0.3 is 10.2 Å². The van der Waals surface area contributed by atoms with Crippen LogP contribution in [0.25, 0.3) is 0 Å². The second-order valence-electron chi connectivity index (χ2n) is 12.1. The average Bonchev–Trinajstić information content (AvgIpc) is 3.23. The summed E-state index contributed by atoms with van der Waals surface area (Å²) in [6.07, 6.45) is 3.90. The Morgan fingerprint density at radius 3 is 2.18 bits per heavy atom. The number of nitrogens with zero attached hydrogens (tertiary/aromatic N) is 3. The standard InChI is InChI=1S/C29H40F2N4O3.ClH/c1-19(2)35-27(38)33(3)26(37)28(35)17-22-9-10-23(18-28)34(22)16-13-24(20-7-5-4-6-8-20)32-25(36)21-11-14-29(30,31)15-12-21;/h4-8,19,21-24H,9-18H2,1-3H3,(H,32,36);1H/t22?,23?,24-,28?;/m0./s1. The maximum absolute atomic E-state index is 13.6. The molecule has 1 saturated carbocycles.